The molecule has 0 aliphatic heterocycles. The third kappa shape index (κ3) is 2.36. The first-order chi connectivity index (χ1) is 8.31. The summed E-state index contributed by atoms with van der Waals surface area (Å²) < 4.78 is 4.81. The van der Waals surface area contributed by atoms with Crippen molar-refractivity contribution in [1.82, 2.24) is 0 Å². The number of methoxy groups -OCH3 is 1. The number of aliphatic carboxylic acids is 1. The maximum Gasteiger partial charge on any atom is 0.325 e. The zero-order chi connectivity index (χ0) is 14.0. The molecule has 0 bridgehead atoms. The van der Waals surface area contributed by atoms with E-state index in [1.807, 2.05) is 0 Å². The first-order valence-corrected chi connectivity index (χ1v) is 5.32. The number of carboxylic acids is 1. The van der Waals surface area contributed by atoms with Crippen LogP contribution in [-0.2, 0) is 4.79 Å². The van der Waals surface area contributed by atoms with Crippen molar-refractivity contribution in [3.63, 3.8) is 0 Å². The predicted octanol–water partition coefficient (Wildman–Crippen LogP) is 1.16. The average Bonchev–Trinajstić information content (AvgIpc) is 2.29. The van der Waals surface area contributed by atoms with Gasteiger partial charge >= 0.3 is 11.7 Å². The fraction of sp³-hybridized carbons (Fsp3) is 0.222. The van der Waals surface area contributed by atoms with E-state index < -0.39 is 28.4 Å². The van der Waals surface area contributed by atoms with E-state index in [9.17, 15) is 20.0 Å². The number of ether oxygens (including phenoxy) is 1. The molecule has 0 amide bonds. The van der Waals surface area contributed by atoms with Crippen molar-refractivity contribution in [2.24, 2.45) is 5.73 Å². The quantitative estimate of drug-likeness (QED) is 0.559. The molecule has 0 aromatic heterocycles. The van der Waals surface area contributed by atoms with E-state index in [0.717, 1.165) is 0 Å². The Bertz CT molecular complexity index is 518. The molecule has 0 saturated carbocycles. The SMILES string of the molecule is COc1cc(Br)c([C@H](N)C(=O)O)c([N+](=O)[O-])c1O. The molecule has 0 radical (unpaired) electrons. The first kappa shape index (κ1) is 14.2. The number of halogens is 1. The molecule has 9 heteroatoms. The highest BCUT2D eigenvalue weighted by Gasteiger charge is 2.33. The van der Waals surface area contributed by atoms with E-state index in [2.05, 4.69) is 15.9 Å². The number of benzene rings is 1. The molecule has 18 heavy (non-hydrogen) atoms. The molecule has 1 atom stereocenters. The Labute approximate surface area is 109 Å². The Morgan fingerprint density at radius 3 is 2.61 bits per heavy atom. The summed E-state index contributed by atoms with van der Waals surface area (Å²) in [4.78, 5) is 20.8. The van der Waals surface area contributed by atoms with E-state index in [1.165, 1.54) is 13.2 Å². The number of carbonyl (C=O) groups is 1. The number of nitro benzene ring substituents is 1. The minimum Gasteiger partial charge on any atom is -0.500 e. The van der Waals surface area contributed by atoms with Gasteiger partial charge in [0, 0.05) is 4.47 Å². The Morgan fingerprint density at radius 1 is 1.67 bits per heavy atom. The van der Waals surface area contributed by atoms with Gasteiger partial charge < -0.3 is 20.7 Å². The van der Waals surface area contributed by atoms with Crippen molar-refractivity contribution in [2.75, 3.05) is 7.11 Å². The summed E-state index contributed by atoms with van der Waals surface area (Å²) in [6.07, 6.45) is 0. The number of nitrogens with zero attached hydrogens (tertiary/aromatic N) is 1. The van der Waals surface area contributed by atoms with Crippen molar-refractivity contribution >= 4 is 27.6 Å². The third-order valence-electron chi connectivity index (χ3n) is 2.21. The molecular formula is C9H9BrN2O6. The molecule has 1 rings (SSSR count). The molecule has 1 aromatic carbocycles. The number of nitro groups is 1. The van der Waals surface area contributed by atoms with Crippen molar-refractivity contribution in [3.05, 3.63) is 26.2 Å². The van der Waals surface area contributed by atoms with E-state index >= 15 is 0 Å². The highest BCUT2D eigenvalue weighted by molar-refractivity contribution is 9.10. The molecule has 0 heterocycles. The third-order valence-corrected chi connectivity index (χ3v) is 2.86. The van der Waals surface area contributed by atoms with E-state index in [4.69, 9.17) is 15.6 Å². The van der Waals surface area contributed by atoms with Crippen LogP contribution in [0.2, 0.25) is 0 Å². The van der Waals surface area contributed by atoms with Crippen LogP contribution in [-0.4, -0.2) is 28.2 Å². The van der Waals surface area contributed by atoms with Crippen LogP contribution in [0.1, 0.15) is 11.6 Å². The molecule has 0 saturated heterocycles. The van der Waals surface area contributed by atoms with Crippen LogP contribution in [0.15, 0.2) is 10.5 Å². The number of rotatable bonds is 4. The maximum atomic E-state index is 10.9. The van der Waals surface area contributed by atoms with E-state index in [-0.39, 0.29) is 15.8 Å². The smallest absolute Gasteiger partial charge is 0.325 e. The lowest BCUT2D eigenvalue weighted by molar-refractivity contribution is -0.386. The molecule has 4 N–H and O–H groups in total. The standard InChI is InChI=1S/C9H9BrN2O6/c1-18-4-2-3(10)5(6(11)9(14)15)7(8(4)13)12(16)17/h2,6,13H,11H2,1H3,(H,14,15)/t6-/m0/s1. The van der Waals surface area contributed by atoms with Gasteiger partial charge in [0.1, 0.15) is 6.04 Å². The predicted molar refractivity (Wildman–Crippen MR) is 63.6 cm³/mol. The molecule has 98 valence electrons. The number of phenolic OH excluding ortho intramolecular Hbond substituents is 1. The van der Waals surface area contributed by atoms with Crippen molar-refractivity contribution < 1.29 is 24.7 Å². The van der Waals surface area contributed by atoms with Gasteiger partial charge in [-0.15, -0.1) is 0 Å². The van der Waals surface area contributed by atoms with Crippen LogP contribution < -0.4 is 10.5 Å². The van der Waals surface area contributed by atoms with Gasteiger partial charge in [0.25, 0.3) is 0 Å². The largest absolute Gasteiger partial charge is 0.500 e. The molecule has 8 nitrogen and oxygen atoms in total. The molecule has 0 unspecified atom stereocenters. The minimum absolute atomic E-state index is 0.0683. The Hall–Kier alpha value is -1.87. The summed E-state index contributed by atoms with van der Waals surface area (Å²) in [7, 11) is 1.21. The zero-order valence-electron chi connectivity index (χ0n) is 9.08. The molecule has 0 spiro atoms. The summed E-state index contributed by atoms with van der Waals surface area (Å²) in [6, 6.07) is -0.433. The van der Waals surface area contributed by atoms with Crippen LogP contribution in [0.5, 0.6) is 11.5 Å². The van der Waals surface area contributed by atoms with E-state index in [0.29, 0.717) is 0 Å². The summed E-state index contributed by atoms with van der Waals surface area (Å²) in [5.74, 6) is -2.38. The Kier molecular flexibility index (Phi) is 4.09. The zero-order valence-corrected chi connectivity index (χ0v) is 10.7. The lowest BCUT2D eigenvalue weighted by Crippen LogP contribution is -2.22. The van der Waals surface area contributed by atoms with Gasteiger partial charge in [-0.3, -0.25) is 14.9 Å². The monoisotopic (exact) mass is 320 g/mol. The highest BCUT2D eigenvalue weighted by Crippen LogP contribution is 2.44. The average molecular weight is 321 g/mol. The summed E-state index contributed by atoms with van der Waals surface area (Å²) in [6.45, 7) is 0. The van der Waals surface area contributed by atoms with Gasteiger partial charge in [0.2, 0.25) is 5.75 Å². The molecular weight excluding hydrogens is 312 g/mol. The van der Waals surface area contributed by atoms with Crippen LogP contribution in [0.25, 0.3) is 0 Å². The maximum absolute atomic E-state index is 10.9. The lowest BCUT2D eigenvalue weighted by Gasteiger charge is -2.13. The number of hydrogen-bond donors (Lipinski definition) is 3. The van der Waals surface area contributed by atoms with Gasteiger partial charge in [-0.2, -0.15) is 0 Å². The van der Waals surface area contributed by atoms with Crippen LogP contribution in [0, 0.1) is 10.1 Å². The summed E-state index contributed by atoms with van der Waals surface area (Å²) >= 11 is 2.97. The minimum atomic E-state index is -1.64. The van der Waals surface area contributed by atoms with Crippen molar-refractivity contribution in [3.8, 4) is 11.5 Å². The fourth-order valence-corrected chi connectivity index (χ4v) is 2.02. The van der Waals surface area contributed by atoms with Crippen LogP contribution in [0.3, 0.4) is 0 Å². The van der Waals surface area contributed by atoms with Crippen molar-refractivity contribution in [2.45, 2.75) is 6.04 Å². The van der Waals surface area contributed by atoms with Crippen LogP contribution >= 0.6 is 15.9 Å². The Balaban J connectivity index is 3.64. The fourth-order valence-electron chi connectivity index (χ4n) is 1.38. The second-order valence-corrected chi connectivity index (χ2v) is 4.10. The van der Waals surface area contributed by atoms with E-state index in [1.54, 1.807) is 0 Å². The number of nitrogens with two attached hydrogens (primary N) is 1. The van der Waals surface area contributed by atoms with Gasteiger partial charge in [-0.05, 0) is 6.07 Å². The second kappa shape index (κ2) is 5.19. The first-order valence-electron chi connectivity index (χ1n) is 4.53. The normalized spacial score (nSPS) is 11.9. The molecule has 1 aromatic rings. The highest BCUT2D eigenvalue weighted by atomic mass is 79.9. The van der Waals surface area contributed by atoms with Gasteiger partial charge in [0.15, 0.2) is 5.75 Å². The number of hydrogen-bond acceptors (Lipinski definition) is 6. The Morgan fingerprint density at radius 2 is 2.22 bits per heavy atom. The van der Waals surface area contributed by atoms with Crippen molar-refractivity contribution in [1.29, 1.82) is 0 Å². The molecule has 0 aliphatic carbocycles. The number of carboxylic acid groups (broad SMARTS) is 1. The number of phenols is 1. The lowest BCUT2D eigenvalue weighted by atomic mass is 10.0. The summed E-state index contributed by atoms with van der Waals surface area (Å²) in [5, 5.41) is 29.4. The number of aromatic hydroxyl groups is 1. The molecule has 0 fully saturated rings. The van der Waals surface area contributed by atoms with Gasteiger partial charge in [0.05, 0.1) is 17.6 Å². The molecule has 0 aliphatic rings. The second-order valence-electron chi connectivity index (χ2n) is 3.24. The van der Waals surface area contributed by atoms with Gasteiger partial charge in [-0.1, -0.05) is 15.9 Å². The summed E-state index contributed by atoms with van der Waals surface area (Å²) in [5.41, 5.74) is 4.23. The van der Waals surface area contributed by atoms with Crippen LogP contribution in [0.4, 0.5) is 5.69 Å². The van der Waals surface area contributed by atoms with Gasteiger partial charge in [-0.25, -0.2) is 0 Å². The topological polar surface area (TPSA) is 136 Å².